The van der Waals surface area contributed by atoms with Crippen LogP contribution in [0.4, 0.5) is 15.8 Å². The van der Waals surface area contributed by atoms with E-state index in [1.807, 2.05) is 25.1 Å². The van der Waals surface area contributed by atoms with Gasteiger partial charge in [-0.3, -0.25) is 9.69 Å². The number of nitrogens with one attached hydrogen (secondary N) is 2. The topological polar surface area (TPSA) is 60.6 Å². The van der Waals surface area contributed by atoms with Gasteiger partial charge in [-0.05, 0) is 49.2 Å². The molecule has 0 saturated carbocycles. The molecule has 7 heteroatoms. The number of amides is 1. The summed E-state index contributed by atoms with van der Waals surface area (Å²) in [5.74, 6) is -0.612. The van der Waals surface area contributed by atoms with Crippen LogP contribution in [0.5, 0.6) is 0 Å². The highest BCUT2D eigenvalue weighted by Crippen LogP contribution is 2.25. The number of benzene rings is 2. The van der Waals surface area contributed by atoms with Crippen molar-refractivity contribution < 1.29 is 13.9 Å². The van der Waals surface area contributed by atoms with Crippen molar-refractivity contribution in [3.63, 3.8) is 0 Å². The summed E-state index contributed by atoms with van der Waals surface area (Å²) in [6, 6.07) is 13.2. The van der Waals surface area contributed by atoms with Crippen LogP contribution in [-0.4, -0.2) is 61.2 Å². The van der Waals surface area contributed by atoms with Gasteiger partial charge in [0.2, 0.25) is 0 Å². The van der Waals surface area contributed by atoms with E-state index in [1.54, 1.807) is 12.1 Å². The van der Waals surface area contributed by atoms with Crippen LogP contribution in [0.15, 0.2) is 42.5 Å². The van der Waals surface area contributed by atoms with Crippen molar-refractivity contribution in [2.24, 2.45) is 0 Å². The molecule has 1 aromatic heterocycles. The molecule has 2 aliphatic heterocycles. The van der Waals surface area contributed by atoms with Gasteiger partial charge >= 0.3 is 0 Å². The fourth-order valence-electron chi connectivity index (χ4n) is 4.58. The molecule has 31 heavy (non-hydrogen) atoms. The van der Waals surface area contributed by atoms with E-state index in [1.165, 1.54) is 6.07 Å². The lowest BCUT2D eigenvalue weighted by atomic mass is 10.1. The largest absolute Gasteiger partial charge is 0.380 e. The van der Waals surface area contributed by atoms with E-state index >= 15 is 0 Å². The summed E-state index contributed by atoms with van der Waals surface area (Å²) < 4.78 is 19.6. The minimum Gasteiger partial charge on any atom is -0.380 e. The molecule has 2 aliphatic rings. The molecule has 0 spiro atoms. The summed E-state index contributed by atoms with van der Waals surface area (Å²) in [6.07, 6.45) is 1.12. The van der Waals surface area contributed by atoms with Crippen molar-refractivity contribution >= 4 is 28.2 Å². The average Bonchev–Trinajstić information content (AvgIpc) is 3.48. The number of rotatable bonds is 4. The second-order valence-corrected chi connectivity index (χ2v) is 8.38. The number of carbonyl (C=O) groups is 1. The summed E-state index contributed by atoms with van der Waals surface area (Å²) in [7, 11) is 0. The first-order chi connectivity index (χ1) is 15.1. The molecule has 2 N–H and O–H groups in total. The zero-order chi connectivity index (χ0) is 21.4. The molecule has 2 fully saturated rings. The highest BCUT2D eigenvalue weighted by molar-refractivity contribution is 6.06. The highest BCUT2D eigenvalue weighted by atomic mass is 19.1. The molecule has 1 amide bonds. The van der Waals surface area contributed by atoms with Crippen molar-refractivity contribution in [2.75, 3.05) is 49.6 Å². The summed E-state index contributed by atoms with van der Waals surface area (Å²) in [5, 5.41) is 3.38. The molecule has 3 aromatic rings. The standard InChI is InChI=1S/C24H27FN4O2/c1-16-5-6-21(25)20-14-22(27-23(16)20)24(30)26-17-3-2-4-18(13-17)28-8-10-29(11-9-28)19-7-12-31-15-19/h2-6,13-14,19,27H,7-12,15H2,1H3,(H,26,30). The number of ether oxygens (including phenoxy) is 1. The van der Waals surface area contributed by atoms with Crippen LogP contribution >= 0.6 is 0 Å². The zero-order valence-corrected chi connectivity index (χ0v) is 17.7. The molecular formula is C24H27FN4O2. The van der Waals surface area contributed by atoms with E-state index in [0.29, 0.717) is 22.6 Å². The maximum absolute atomic E-state index is 14.1. The van der Waals surface area contributed by atoms with E-state index < -0.39 is 0 Å². The van der Waals surface area contributed by atoms with Gasteiger partial charge in [0.15, 0.2) is 0 Å². The number of aromatic nitrogens is 1. The molecule has 0 bridgehead atoms. The Labute approximate surface area is 181 Å². The summed E-state index contributed by atoms with van der Waals surface area (Å²) >= 11 is 0. The molecule has 2 aromatic carbocycles. The van der Waals surface area contributed by atoms with Gasteiger partial charge in [-0.1, -0.05) is 12.1 Å². The quantitative estimate of drug-likeness (QED) is 0.672. The Morgan fingerprint density at radius 2 is 2.00 bits per heavy atom. The first-order valence-corrected chi connectivity index (χ1v) is 10.8. The van der Waals surface area contributed by atoms with E-state index in [4.69, 9.17) is 4.74 Å². The number of piperazine rings is 1. The Morgan fingerprint density at radius 1 is 1.16 bits per heavy atom. The molecule has 1 atom stereocenters. The van der Waals surface area contributed by atoms with Crippen LogP contribution in [0.25, 0.3) is 10.9 Å². The fraction of sp³-hybridized carbons (Fsp3) is 0.375. The first kappa shape index (κ1) is 20.0. The smallest absolute Gasteiger partial charge is 0.272 e. The molecule has 2 saturated heterocycles. The summed E-state index contributed by atoms with van der Waals surface area (Å²) in [6.45, 7) is 7.55. The Kier molecular flexibility index (Phi) is 5.38. The van der Waals surface area contributed by atoms with Gasteiger partial charge in [-0.2, -0.15) is 0 Å². The van der Waals surface area contributed by atoms with Gasteiger partial charge in [0.25, 0.3) is 5.91 Å². The fourth-order valence-corrected chi connectivity index (χ4v) is 4.58. The third-order valence-corrected chi connectivity index (χ3v) is 6.40. The van der Waals surface area contributed by atoms with E-state index in [-0.39, 0.29) is 11.7 Å². The summed E-state index contributed by atoms with van der Waals surface area (Å²) in [5.41, 5.74) is 3.73. The second-order valence-electron chi connectivity index (χ2n) is 8.38. The Morgan fingerprint density at radius 3 is 2.74 bits per heavy atom. The van der Waals surface area contributed by atoms with Crippen molar-refractivity contribution in [3.8, 4) is 0 Å². The van der Waals surface area contributed by atoms with Gasteiger partial charge in [-0.25, -0.2) is 4.39 Å². The van der Waals surface area contributed by atoms with Crippen molar-refractivity contribution in [1.29, 1.82) is 0 Å². The first-order valence-electron chi connectivity index (χ1n) is 10.8. The Balaban J connectivity index is 1.27. The number of hydrogen-bond donors (Lipinski definition) is 2. The van der Waals surface area contributed by atoms with E-state index in [2.05, 4.69) is 26.2 Å². The average molecular weight is 423 g/mol. The molecule has 1 unspecified atom stereocenters. The van der Waals surface area contributed by atoms with Crippen LogP contribution in [-0.2, 0) is 4.74 Å². The second kappa shape index (κ2) is 8.32. The molecule has 6 nitrogen and oxygen atoms in total. The molecular weight excluding hydrogens is 395 g/mol. The molecule has 0 aliphatic carbocycles. The SMILES string of the molecule is Cc1ccc(F)c2cc(C(=O)Nc3cccc(N4CCN(C5CCOC5)CC4)c3)[nH]c12. The number of carbonyl (C=O) groups excluding carboxylic acids is 1. The number of aryl methyl sites for hydroxylation is 1. The van der Waals surface area contributed by atoms with Crippen molar-refractivity contribution in [2.45, 2.75) is 19.4 Å². The number of H-pyrrole nitrogens is 1. The predicted molar refractivity (Wildman–Crippen MR) is 120 cm³/mol. The highest BCUT2D eigenvalue weighted by Gasteiger charge is 2.27. The number of nitrogens with zero attached hydrogens (tertiary/aromatic N) is 2. The number of aromatic amines is 1. The van der Waals surface area contributed by atoms with Crippen LogP contribution in [0.1, 0.15) is 22.5 Å². The minimum atomic E-state index is -0.332. The van der Waals surface area contributed by atoms with Gasteiger partial charge in [-0.15, -0.1) is 0 Å². The third kappa shape index (κ3) is 4.03. The maximum atomic E-state index is 14.1. The molecule has 5 rings (SSSR count). The zero-order valence-electron chi connectivity index (χ0n) is 17.7. The Hall–Kier alpha value is -2.90. The van der Waals surface area contributed by atoms with Gasteiger partial charge in [0.05, 0.1) is 12.1 Å². The summed E-state index contributed by atoms with van der Waals surface area (Å²) in [4.78, 5) is 20.7. The normalized spacial score (nSPS) is 19.8. The van der Waals surface area contributed by atoms with Crippen LogP contribution in [0.2, 0.25) is 0 Å². The Bertz CT molecular complexity index is 1060. The lowest BCUT2D eigenvalue weighted by molar-refractivity contribution is 0.102. The van der Waals surface area contributed by atoms with E-state index in [9.17, 15) is 9.18 Å². The van der Waals surface area contributed by atoms with Crippen LogP contribution in [0, 0.1) is 12.7 Å². The van der Waals surface area contributed by atoms with Gasteiger partial charge in [0, 0.05) is 55.6 Å². The number of fused-ring (bicyclic) bond motifs is 1. The molecule has 162 valence electrons. The van der Waals surface area contributed by atoms with Crippen molar-refractivity contribution in [1.82, 2.24) is 9.88 Å². The maximum Gasteiger partial charge on any atom is 0.272 e. The molecule has 0 radical (unpaired) electrons. The third-order valence-electron chi connectivity index (χ3n) is 6.40. The predicted octanol–water partition coefficient (Wildman–Crippen LogP) is 3.78. The van der Waals surface area contributed by atoms with Gasteiger partial charge in [0.1, 0.15) is 11.5 Å². The number of halogens is 1. The van der Waals surface area contributed by atoms with Crippen LogP contribution in [0.3, 0.4) is 0 Å². The number of anilines is 2. The molecule has 3 heterocycles. The minimum absolute atomic E-state index is 0.279. The van der Waals surface area contributed by atoms with Crippen LogP contribution < -0.4 is 10.2 Å². The van der Waals surface area contributed by atoms with Gasteiger partial charge < -0.3 is 19.9 Å². The lowest BCUT2D eigenvalue weighted by Gasteiger charge is -2.38. The lowest BCUT2D eigenvalue weighted by Crippen LogP contribution is -2.50. The van der Waals surface area contributed by atoms with Crippen molar-refractivity contribution in [3.05, 3.63) is 59.5 Å². The monoisotopic (exact) mass is 422 g/mol. The number of hydrogen-bond acceptors (Lipinski definition) is 4. The van der Waals surface area contributed by atoms with E-state index in [0.717, 1.165) is 62.8 Å².